The molecule has 0 bridgehead atoms. The van der Waals surface area contributed by atoms with E-state index in [0.717, 1.165) is 15.9 Å². The lowest BCUT2D eigenvalue weighted by molar-refractivity contribution is -0.145. The molecule has 5 rings (SSSR count). The highest BCUT2D eigenvalue weighted by Crippen LogP contribution is 2.26. The van der Waals surface area contributed by atoms with Gasteiger partial charge in [-0.1, -0.05) is 23.2 Å². The number of rotatable bonds is 8. The van der Waals surface area contributed by atoms with Gasteiger partial charge >= 0.3 is 6.18 Å². The van der Waals surface area contributed by atoms with Gasteiger partial charge in [0, 0.05) is 18.2 Å². The number of aryl methyl sites for hydroxylation is 2. The summed E-state index contributed by atoms with van der Waals surface area (Å²) in [5.41, 5.74) is 2.73. The Morgan fingerprint density at radius 3 is 2.60 bits per heavy atom. The molecule has 0 atom stereocenters. The molecule has 11 nitrogen and oxygen atoms in total. The van der Waals surface area contributed by atoms with E-state index in [4.69, 9.17) is 16.3 Å². The van der Waals surface area contributed by atoms with Gasteiger partial charge in [-0.15, -0.1) is 10.2 Å². The van der Waals surface area contributed by atoms with Crippen molar-refractivity contribution in [1.29, 1.82) is 0 Å². The summed E-state index contributed by atoms with van der Waals surface area (Å²) in [4.78, 5) is 31.8. The lowest BCUT2D eigenvalue weighted by Gasteiger charge is -2.27. The summed E-state index contributed by atoms with van der Waals surface area (Å²) in [5, 5.41) is 17.3. The first-order valence-electron chi connectivity index (χ1n) is 12.1. The number of amides is 1. The lowest BCUT2D eigenvalue weighted by atomic mass is 9.93. The Hall–Kier alpha value is -4.17. The summed E-state index contributed by atoms with van der Waals surface area (Å²) in [6.07, 6.45) is -3.46. The van der Waals surface area contributed by atoms with Crippen molar-refractivity contribution in [2.24, 2.45) is 0 Å². The van der Waals surface area contributed by atoms with Gasteiger partial charge in [-0.05, 0) is 54.5 Å². The Bertz CT molecular complexity index is 1600. The zero-order valence-corrected chi connectivity index (χ0v) is 22.0. The van der Waals surface area contributed by atoms with Crippen LogP contribution in [0, 0.1) is 13.8 Å². The van der Waals surface area contributed by atoms with Gasteiger partial charge in [-0.2, -0.15) is 23.1 Å². The molecule has 0 saturated carbocycles. The number of Topliss-reactive ketones (excluding diaryl/α,β-unsaturated/α-hetero) is 1. The monoisotopic (exact) mass is 574 g/mol. The first-order valence-corrected chi connectivity index (χ1v) is 12.4. The smallest absolute Gasteiger partial charge is 0.377 e. The molecule has 0 spiro atoms. The van der Waals surface area contributed by atoms with Gasteiger partial charge in [0.2, 0.25) is 0 Å². The molecule has 1 amide bonds. The number of carbonyl (C=O) groups excluding carboxylic acids is 2. The molecule has 15 heteroatoms. The lowest BCUT2D eigenvalue weighted by Crippen LogP contribution is -2.48. The third-order valence-corrected chi connectivity index (χ3v) is 6.46. The normalized spacial score (nSPS) is 13.8. The van der Waals surface area contributed by atoms with Crippen LogP contribution < -0.4 is 5.32 Å². The van der Waals surface area contributed by atoms with E-state index in [1.807, 2.05) is 19.9 Å². The minimum absolute atomic E-state index is 0.0606. The summed E-state index contributed by atoms with van der Waals surface area (Å²) in [6, 6.07) is 8.05. The van der Waals surface area contributed by atoms with Crippen molar-refractivity contribution in [3.8, 4) is 5.82 Å². The first-order chi connectivity index (χ1) is 19.0. The Labute approximate surface area is 230 Å². The SMILES string of the molecule is Cc1cc(C)c(CC(=O)c2cc(Cn3nnc(C(F)(F)F)n3)nn2-c2ncccc2Cl)c(C(=O)NC2COC2)c1. The van der Waals surface area contributed by atoms with Crippen LogP contribution in [0.15, 0.2) is 36.5 Å². The molecule has 1 fully saturated rings. The first kappa shape index (κ1) is 27.4. The largest absolute Gasteiger partial charge is 0.455 e. The van der Waals surface area contributed by atoms with E-state index in [9.17, 15) is 22.8 Å². The van der Waals surface area contributed by atoms with Gasteiger partial charge in [-0.25, -0.2) is 9.67 Å². The van der Waals surface area contributed by atoms with Gasteiger partial charge in [0.1, 0.15) is 12.2 Å². The van der Waals surface area contributed by atoms with E-state index in [1.54, 1.807) is 18.2 Å². The second-order valence-corrected chi connectivity index (χ2v) is 9.71. The van der Waals surface area contributed by atoms with Gasteiger partial charge in [0.15, 0.2) is 11.6 Å². The van der Waals surface area contributed by atoms with Crippen molar-refractivity contribution in [3.05, 3.63) is 81.0 Å². The number of hydrogen-bond donors (Lipinski definition) is 1. The third-order valence-electron chi connectivity index (χ3n) is 6.17. The molecule has 1 aromatic carbocycles. The van der Waals surface area contributed by atoms with Crippen LogP contribution in [0.25, 0.3) is 5.82 Å². The number of ketones is 1. The molecule has 1 N–H and O–H groups in total. The van der Waals surface area contributed by atoms with E-state index in [-0.39, 0.29) is 47.1 Å². The van der Waals surface area contributed by atoms with Crippen molar-refractivity contribution in [3.63, 3.8) is 0 Å². The Morgan fingerprint density at radius 2 is 1.95 bits per heavy atom. The number of alkyl halides is 3. The topological polar surface area (TPSA) is 130 Å². The average Bonchev–Trinajstić information content (AvgIpc) is 3.51. The van der Waals surface area contributed by atoms with Crippen molar-refractivity contribution in [2.45, 2.75) is 39.0 Å². The number of nitrogens with zero attached hydrogens (tertiary/aromatic N) is 7. The Morgan fingerprint density at radius 1 is 1.18 bits per heavy atom. The van der Waals surface area contributed by atoms with E-state index < -0.39 is 17.8 Å². The summed E-state index contributed by atoms with van der Waals surface area (Å²) >= 11 is 6.33. The van der Waals surface area contributed by atoms with Gasteiger partial charge in [-0.3, -0.25) is 9.59 Å². The fourth-order valence-corrected chi connectivity index (χ4v) is 4.44. The standard InChI is InChI=1S/C25H22ClF3N8O3/c1-13-6-14(2)17(18(7-13)23(39)31-16-11-40-12-16)9-21(38)20-8-15(10-36-34-24(32-35-36)25(27,28)29)33-37(20)22-19(26)4-3-5-30-22/h3-8,16H,9-12H2,1-2H3,(H,31,39). The number of ether oxygens (including phenoxy) is 1. The third kappa shape index (κ3) is 5.72. The Kier molecular flexibility index (Phi) is 7.38. The van der Waals surface area contributed by atoms with Crippen LogP contribution in [-0.2, 0) is 23.9 Å². The van der Waals surface area contributed by atoms with Gasteiger partial charge < -0.3 is 10.1 Å². The zero-order chi connectivity index (χ0) is 28.6. The van der Waals surface area contributed by atoms with Crippen LogP contribution in [0.2, 0.25) is 5.02 Å². The van der Waals surface area contributed by atoms with Crippen molar-refractivity contribution >= 4 is 23.3 Å². The molecule has 208 valence electrons. The maximum absolute atomic E-state index is 13.7. The van der Waals surface area contributed by atoms with E-state index in [1.165, 1.54) is 16.9 Å². The van der Waals surface area contributed by atoms with Crippen LogP contribution in [0.5, 0.6) is 0 Å². The molecule has 3 aromatic heterocycles. The predicted octanol–water partition coefficient (Wildman–Crippen LogP) is 3.15. The van der Waals surface area contributed by atoms with Crippen LogP contribution in [0.4, 0.5) is 13.2 Å². The number of nitrogens with one attached hydrogen (secondary N) is 1. The molecular weight excluding hydrogens is 553 g/mol. The van der Waals surface area contributed by atoms with Crippen molar-refractivity contribution in [2.75, 3.05) is 13.2 Å². The van der Waals surface area contributed by atoms with Crippen molar-refractivity contribution < 1.29 is 27.5 Å². The van der Waals surface area contributed by atoms with E-state index in [0.29, 0.717) is 24.3 Å². The molecule has 1 aliphatic rings. The summed E-state index contributed by atoms with van der Waals surface area (Å²) in [5.74, 6) is -1.99. The molecule has 40 heavy (non-hydrogen) atoms. The molecular formula is C25H22ClF3N8O3. The Balaban J connectivity index is 1.50. The quantitative estimate of drug-likeness (QED) is 0.318. The number of pyridine rings is 1. The van der Waals surface area contributed by atoms with Crippen LogP contribution in [0.1, 0.15) is 49.1 Å². The highest BCUT2D eigenvalue weighted by molar-refractivity contribution is 6.32. The number of hydrogen-bond acceptors (Lipinski definition) is 8. The van der Waals surface area contributed by atoms with Crippen molar-refractivity contribution in [1.82, 2.24) is 40.3 Å². The van der Waals surface area contributed by atoms with Gasteiger partial charge in [0.05, 0.1) is 30.0 Å². The molecule has 0 unspecified atom stereocenters. The number of tetrazole rings is 1. The highest BCUT2D eigenvalue weighted by Gasteiger charge is 2.37. The number of halogens is 4. The number of benzene rings is 1. The minimum Gasteiger partial charge on any atom is -0.377 e. The maximum Gasteiger partial charge on any atom is 0.455 e. The molecule has 0 radical (unpaired) electrons. The van der Waals surface area contributed by atoms with Gasteiger partial charge in [0.25, 0.3) is 11.7 Å². The second-order valence-electron chi connectivity index (χ2n) is 9.30. The van der Waals surface area contributed by atoms with Crippen LogP contribution >= 0.6 is 11.6 Å². The summed E-state index contributed by atoms with van der Waals surface area (Å²) in [7, 11) is 0. The predicted molar refractivity (Wildman–Crippen MR) is 134 cm³/mol. The zero-order valence-electron chi connectivity index (χ0n) is 21.2. The van der Waals surface area contributed by atoms with E-state index in [2.05, 4.69) is 30.8 Å². The summed E-state index contributed by atoms with van der Waals surface area (Å²) in [6.45, 7) is 4.20. The fourth-order valence-electron chi connectivity index (χ4n) is 4.24. The minimum atomic E-state index is -4.76. The highest BCUT2D eigenvalue weighted by atomic mass is 35.5. The molecule has 0 aliphatic carbocycles. The fraction of sp³-hybridized carbons (Fsp3) is 0.320. The maximum atomic E-state index is 13.7. The van der Waals surface area contributed by atoms with Crippen LogP contribution in [-0.4, -0.2) is 65.9 Å². The molecule has 1 saturated heterocycles. The van der Waals surface area contributed by atoms with E-state index >= 15 is 0 Å². The molecule has 4 aromatic rings. The average molecular weight is 575 g/mol. The number of carbonyl (C=O) groups is 2. The second kappa shape index (κ2) is 10.8. The summed E-state index contributed by atoms with van der Waals surface area (Å²) < 4.78 is 45.1. The van der Waals surface area contributed by atoms with Crippen LogP contribution in [0.3, 0.4) is 0 Å². The number of aromatic nitrogens is 7. The molecule has 1 aliphatic heterocycles. The molecule has 4 heterocycles.